The van der Waals surface area contributed by atoms with Crippen molar-refractivity contribution in [2.24, 2.45) is 11.7 Å². The predicted octanol–water partition coefficient (Wildman–Crippen LogP) is 1.10. The van der Waals surface area contributed by atoms with Gasteiger partial charge in [-0.3, -0.25) is 9.59 Å². The van der Waals surface area contributed by atoms with E-state index in [1.807, 2.05) is 6.07 Å². The summed E-state index contributed by atoms with van der Waals surface area (Å²) in [5, 5.41) is 11.9. The summed E-state index contributed by atoms with van der Waals surface area (Å²) in [5.41, 5.74) is 6.57. The van der Waals surface area contributed by atoms with Crippen LogP contribution in [-0.4, -0.2) is 29.6 Å². The van der Waals surface area contributed by atoms with Crippen LogP contribution in [0.5, 0.6) is 0 Å². The van der Waals surface area contributed by atoms with Crippen molar-refractivity contribution in [3.8, 4) is 0 Å². The molecule has 0 spiro atoms. The van der Waals surface area contributed by atoms with Crippen molar-refractivity contribution in [3.63, 3.8) is 0 Å². The first kappa shape index (κ1) is 14.5. The van der Waals surface area contributed by atoms with Gasteiger partial charge in [-0.1, -0.05) is 30.3 Å². The minimum absolute atomic E-state index is 0.0928. The third kappa shape index (κ3) is 4.06. The molecule has 2 atom stereocenters. The average Bonchev–Trinajstić information content (AvgIpc) is 3.24. The molecule has 5 nitrogen and oxygen atoms in total. The predicted molar refractivity (Wildman–Crippen MR) is 75.1 cm³/mol. The fourth-order valence-corrected chi connectivity index (χ4v) is 2.23. The number of carbonyl (C=O) groups excluding carboxylic acids is 1. The van der Waals surface area contributed by atoms with Gasteiger partial charge < -0.3 is 16.2 Å². The lowest BCUT2D eigenvalue weighted by atomic mass is 9.99. The van der Waals surface area contributed by atoms with Gasteiger partial charge in [0.05, 0.1) is 5.92 Å². The minimum Gasteiger partial charge on any atom is -0.481 e. The minimum atomic E-state index is -0.942. The molecule has 0 bridgehead atoms. The molecule has 1 aromatic rings. The van der Waals surface area contributed by atoms with Crippen molar-refractivity contribution >= 4 is 11.9 Å². The molecular formula is C15H20N2O3. The SMILES string of the molecule is NC(CC(=O)NCC(C(=O)O)c1ccccc1)C1CC1. The van der Waals surface area contributed by atoms with Crippen molar-refractivity contribution in [1.29, 1.82) is 0 Å². The Morgan fingerprint density at radius 1 is 1.30 bits per heavy atom. The summed E-state index contributed by atoms with van der Waals surface area (Å²) in [6.45, 7) is 0.0928. The van der Waals surface area contributed by atoms with Crippen LogP contribution in [0.1, 0.15) is 30.7 Å². The van der Waals surface area contributed by atoms with Crippen molar-refractivity contribution < 1.29 is 14.7 Å². The van der Waals surface area contributed by atoms with Crippen molar-refractivity contribution in [2.75, 3.05) is 6.54 Å². The molecule has 108 valence electrons. The van der Waals surface area contributed by atoms with Crippen LogP contribution in [0.2, 0.25) is 0 Å². The molecule has 20 heavy (non-hydrogen) atoms. The van der Waals surface area contributed by atoms with E-state index in [1.54, 1.807) is 24.3 Å². The first-order chi connectivity index (χ1) is 9.58. The number of aliphatic carboxylic acids is 1. The van der Waals surface area contributed by atoms with E-state index in [-0.39, 0.29) is 24.9 Å². The number of carboxylic acid groups (broad SMARTS) is 1. The second-order valence-electron chi connectivity index (χ2n) is 5.31. The molecule has 1 amide bonds. The Balaban J connectivity index is 1.86. The highest BCUT2D eigenvalue weighted by Crippen LogP contribution is 2.32. The van der Waals surface area contributed by atoms with E-state index >= 15 is 0 Å². The molecule has 5 heteroatoms. The van der Waals surface area contributed by atoms with Crippen LogP contribution in [0.3, 0.4) is 0 Å². The van der Waals surface area contributed by atoms with E-state index in [1.165, 1.54) is 0 Å². The van der Waals surface area contributed by atoms with E-state index < -0.39 is 11.9 Å². The molecular weight excluding hydrogens is 256 g/mol. The maximum absolute atomic E-state index is 11.8. The van der Waals surface area contributed by atoms with Gasteiger partial charge in [0.2, 0.25) is 5.91 Å². The number of benzene rings is 1. The van der Waals surface area contributed by atoms with E-state index in [2.05, 4.69) is 5.32 Å². The van der Waals surface area contributed by atoms with Gasteiger partial charge in [-0.05, 0) is 24.3 Å². The smallest absolute Gasteiger partial charge is 0.312 e. The molecule has 0 aliphatic heterocycles. The molecule has 0 aromatic heterocycles. The van der Waals surface area contributed by atoms with Gasteiger partial charge in [-0.15, -0.1) is 0 Å². The fraction of sp³-hybridized carbons (Fsp3) is 0.467. The van der Waals surface area contributed by atoms with Crippen LogP contribution in [0.15, 0.2) is 30.3 Å². The van der Waals surface area contributed by atoms with Crippen LogP contribution in [0.25, 0.3) is 0 Å². The first-order valence-corrected chi connectivity index (χ1v) is 6.88. The first-order valence-electron chi connectivity index (χ1n) is 6.88. The van der Waals surface area contributed by atoms with Crippen LogP contribution in [0.4, 0.5) is 0 Å². The number of carboxylic acids is 1. The quantitative estimate of drug-likeness (QED) is 0.695. The normalized spacial score (nSPS) is 17.2. The topological polar surface area (TPSA) is 92.4 Å². The lowest BCUT2D eigenvalue weighted by molar-refractivity contribution is -0.138. The molecule has 1 saturated carbocycles. The zero-order valence-electron chi connectivity index (χ0n) is 11.3. The highest BCUT2D eigenvalue weighted by Gasteiger charge is 2.30. The lowest BCUT2D eigenvalue weighted by Gasteiger charge is -2.15. The number of hydrogen-bond acceptors (Lipinski definition) is 3. The molecule has 0 radical (unpaired) electrons. The number of rotatable bonds is 7. The maximum Gasteiger partial charge on any atom is 0.312 e. The number of nitrogens with one attached hydrogen (secondary N) is 1. The van der Waals surface area contributed by atoms with Crippen LogP contribution in [0, 0.1) is 5.92 Å². The van der Waals surface area contributed by atoms with Crippen LogP contribution in [-0.2, 0) is 9.59 Å². The zero-order chi connectivity index (χ0) is 14.5. The highest BCUT2D eigenvalue weighted by atomic mass is 16.4. The van der Waals surface area contributed by atoms with E-state index in [0.717, 1.165) is 12.8 Å². The average molecular weight is 276 g/mol. The number of carbonyl (C=O) groups is 2. The standard InChI is InChI=1S/C15H20N2O3/c16-13(11-6-7-11)8-14(18)17-9-12(15(19)20)10-4-2-1-3-5-10/h1-5,11-13H,6-9,16H2,(H,17,18)(H,19,20). The molecule has 0 saturated heterocycles. The summed E-state index contributed by atoms with van der Waals surface area (Å²) < 4.78 is 0. The largest absolute Gasteiger partial charge is 0.481 e. The molecule has 1 fully saturated rings. The van der Waals surface area contributed by atoms with Crippen molar-refractivity contribution in [2.45, 2.75) is 31.2 Å². The van der Waals surface area contributed by atoms with E-state index in [0.29, 0.717) is 11.5 Å². The summed E-state index contributed by atoms with van der Waals surface area (Å²) in [7, 11) is 0. The zero-order valence-corrected chi connectivity index (χ0v) is 11.3. The van der Waals surface area contributed by atoms with Crippen molar-refractivity contribution in [1.82, 2.24) is 5.32 Å². The van der Waals surface area contributed by atoms with Gasteiger partial charge in [0, 0.05) is 19.0 Å². The highest BCUT2D eigenvalue weighted by molar-refractivity contribution is 5.80. The van der Waals surface area contributed by atoms with Crippen LogP contribution >= 0.6 is 0 Å². The Hall–Kier alpha value is -1.88. The van der Waals surface area contributed by atoms with Gasteiger partial charge in [-0.2, -0.15) is 0 Å². The summed E-state index contributed by atoms with van der Waals surface area (Å²) in [6.07, 6.45) is 2.46. The van der Waals surface area contributed by atoms with Crippen LogP contribution < -0.4 is 11.1 Å². The number of hydrogen-bond donors (Lipinski definition) is 3. The third-order valence-electron chi connectivity index (χ3n) is 3.65. The Morgan fingerprint density at radius 3 is 2.50 bits per heavy atom. The molecule has 1 aliphatic carbocycles. The van der Waals surface area contributed by atoms with Gasteiger partial charge in [0.1, 0.15) is 0 Å². The van der Waals surface area contributed by atoms with Crippen molar-refractivity contribution in [3.05, 3.63) is 35.9 Å². The Bertz CT molecular complexity index is 471. The van der Waals surface area contributed by atoms with E-state index in [9.17, 15) is 14.7 Å². The van der Waals surface area contributed by atoms with Gasteiger partial charge in [-0.25, -0.2) is 0 Å². The monoisotopic (exact) mass is 276 g/mol. The van der Waals surface area contributed by atoms with Gasteiger partial charge >= 0.3 is 5.97 Å². The lowest BCUT2D eigenvalue weighted by Crippen LogP contribution is -2.36. The molecule has 0 heterocycles. The van der Waals surface area contributed by atoms with Gasteiger partial charge in [0.15, 0.2) is 0 Å². The molecule has 4 N–H and O–H groups in total. The fourth-order valence-electron chi connectivity index (χ4n) is 2.23. The van der Waals surface area contributed by atoms with E-state index in [4.69, 9.17) is 5.73 Å². The second kappa shape index (κ2) is 6.52. The second-order valence-corrected chi connectivity index (χ2v) is 5.31. The summed E-state index contributed by atoms with van der Waals surface area (Å²) >= 11 is 0. The third-order valence-corrected chi connectivity index (χ3v) is 3.65. The molecule has 1 aliphatic rings. The Kier molecular flexibility index (Phi) is 4.74. The Labute approximate surface area is 118 Å². The molecule has 2 rings (SSSR count). The summed E-state index contributed by atoms with van der Waals surface area (Å²) in [4.78, 5) is 23.0. The number of nitrogens with two attached hydrogens (primary N) is 1. The molecule has 1 aromatic carbocycles. The maximum atomic E-state index is 11.8. The summed E-state index contributed by atoms with van der Waals surface area (Å²) in [5.74, 6) is -1.38. The van der Waals surface area contributed by atoms with Gasteiger partial charge in [0.25, 0.3) is 0 Å². The number of amides is 1. The molecule has 2 unspecified atom stereocenters. The summed E-state index contributed by atoms with van der Waals surface area (Å²) in [6, 6.07) is 8.80. The Morgan fingerprint density at radius 2 is 1.95 bits per heavy atom.